The van der Waals surface area contributed by atoms with Crippen LogP contribution in [0.15, 0.2) is 23.3 Å². The number of nitrogens with two attached hydrogens (primary N) is 1. The van der Waals surface area contributed by atoms with Gasteiger partial charge in [0.2, 0.25) is 6.56 Å². The van der Waals surface area contributed by atoms with Gasteiger partial charge in [-0.15, -0.1) is 0 Å². The maximum atomic E-state index is 5.59. The van der Waals surface area contributed by atoms with Gasteiger partial charge in [0, 0.05) is 12.7 Å². The van der Waals surface area contributed by atoms with Crippen molar-refractivity contribution in [3.8, 4) is 0 Å². The molecule has 0 unspecified atom stereocenters. The Balaban J connectivity index is 4.51. The van der Waals surface area contributed by atoms with E-state index in [0.717, 1.165) is 17.7 Å². The predicted octanol–water partition coefficient (Wildman–Crippen LogP) is 0.881. The zero-order chi connectivity index (χ0) is 8.85. The first-order valence-corrected chi connectivity index (χ1v) is 4.21. The van der Waals surface area contributed by atoms with Crippen molar-refractivity contribution in [2.75, 3.05) is 7.05 Å². The lowest BCUT2D eigenvalue weighted by atomic mass is 9.90. The first kappa shape index (κ1) is 10.7. The Hall–Kier alpha value is -0.345. The van der Waals surface area contributed by atoms with E-state index in [-0.39, 0.29) is 0 Å². The van der Waals surface area contributed by atoms with Crippen LogP contribution < -0.4 is 5.84 Å². The summed E-state index contributed by atoms with van der Waals surface area (Å²) in [6.45, 7) is 4.67. The quantitative estimate of drug-likeness (QED) is 0.216. The largest absolute Gasteiger partial charge is 0.315 e. The van der Waals surface area contributed by atoms with E-state index in [1.807, 2.05) is 33.0 Å². The van der Waals surface area contributed by atoms with Gasteiger partial charge in [-0.3, -0.25) is 0 Å². The lowest BCUT2D eigenvalue weighted by Gasteiger charge is -2.17. The van der Waals surface area contributed by atoms with E-state index in [1.54, 1.807) is 5.01 Å². The van der Waals surface area contributed by atoms with Gasteiger partial charge in [-0.25, -0.2) is 18.3 Å². The smallest absolute Gasteiger partial charge is 0.222 e. The number of likely N-dealkylation sites (N-methyl/N-ethyl adjacent to an activating group) is 1. The van der Waals surface area contributed by atoms with Crippen molar-refractivity contribution in [3.63, 3.8) is 0 Å². The molecule has 2 nitrogen and oxygen atoms in total. The lowest BCUT2D eigenvalue weighted by Crippen LogP contribution is -2.26. The molecule has 11 heavy (non-hydrogen) atoms. The number of hydrogen-bond acceptors (Lipinski definition) is 3. The molecule has 0 aliphatic rings. The van der Waals surface area contributed by atoms with E-state index >= 15 is 0 Å². The minimum absolute atomic E-state index is 0.720. The molecule has 0 rings (SSSR count). The standard InChI is InChI=1S/C7H15BN2S/c1-4-6(8-11)7(5-2)10(3)9/h4-5,8,11H,9H2,1-3H3/b6-4+,7-5+. The normalized spacial score (nSPS) is 13.2. The highest BCUT2D eigenvalue weighted by atomic mass is 32.1. The third-order valence-electron chi connectivity index (χ3n) is 1.50. The third kappa shape index (κ3) is 3.03. The second kappa shape index (κ2) is 5.32. The average Bonchev–Trinajstić information content (AvgIpc) is 1.99. The van der Waals surface area contributed by atoms with Crippen molar-refractivity contribution in [2.24, 2.45) is 5.84 Å². The van der Waals surface area contributed by atoms with E-state index in [4.69, 9.17) is 5.84 Å². The molecular formula is C7H15BN2S. The molecule has 2 N–H and O–H groups in total. The zero-order valence-electron chi connectivity index (χ0n) is 7.33. The molecule has 0 saturated heterocycles. The molecule has 0 aromatic carbocycles. The highest BCUT2D eigenvalue weighted by Crippen LogP contribution is 2.10. The molecule has 0 amide bonds. The lowest BCUT2D eigenvalue weighted by molar-refractivity contribution is 0.452. The van der Waals surface area contributed by atoms with Crippen molar-refractivity contribution in [3.05, 3.63) is 23.3 Å². The van der Waals surface area contributed by atoms with Crippen LogP contribution in [0.2, 0.25) is 0 Å². The first-order valence-electron chi connectivity index (χ1n) is 3.58. The van der Waals surface area contributed by atoms with Gasteiger partial charge in [-0.1, -0.05) is 17.6 Å². The molecule has 4 heteroatoms. The maximum Gasteiger partial charge on any atom is 0.222 e. The van der Waals surface area contributed by atoms with Gasteiger partial charge in [-0.2, -0.15) is 0 Å². The van der Waals surface area contributed by atoms with Crippen molar-refractivity contribution in [1.29, 1.82) is 0 Å². The van der Waals surface area contributed by atoms with Crippen LogP contribution in [0.25, 0.3) is 0 Å². The first-order chi connectivity index (χ1) is 5.17. The van der Waals surface area contributed by atoms with E-state index in [2.05, 4.69) is 12.5 Å². The fraction of sp³-hybridized carbons (Fsp3) is 0.429. The van der Waals surface area contributed by atoms with Crippen LogP contribution in [0.5, 0.6) is 0 Å². The molecule has 0 bridgehead atoms. The van der Waals surface area contributed by atoms with Gasteiger partial charge in [0.25, 0.3) is 0 Å². The Morgan fingerprint density at radius 1 is 1.45 bits per heavy atom. The molecule has 0 radical (unpaired) electrons. The van der Waals surface area contributed by atoms with Gasteiger partial charge >= 0.3 is 0 Å². The summed E-state index contributed by atoms with van der Waals surface area (Å²) in [7, 11) is 1.82. The molecule has 0 aromatic rings. The number of rotatable bonds is 3. The van der Waals surface area contributed by atoms with Gasteiger partial charge in [0.05, 0.1) is 0 Å². The number of thiol groups is 1. The molecule has 0 atom stereocenters. The van der Waals surface area contributed by atoms with Crippen LogP contribution in [0.3, 0.4) is 0 Å². The number of hydrazine groups is 1. The Bertz CT molecular complexity index is 175. The fourth-order valence-corrected chi connectivity index (χ4v) is 1.28. The Labute approximate surface area is 74.7 Å². The molecule has 0 aromatic heterocycles. The monoisotopic (exact) mass is 170 g/mol. The van der Waals surface area contributed by atoms with E-state index in [1.165, 1.54) is 0 Å². The summed E-state index contributed by atoms with van der Waals surface area (Å²) < 4.78 is 0. The van der Waals surface area contributed by atoms with Crippen LogP contribution in [-0.4, -0.2) is 18.6 Å². The average molecular weight is 170 g/mol. The van der Waals surface area contributed by atoms with Gasteiger partial charge in [0.1, 0.15) is 0 Å². The number of nitrogens with zero attached hydrogens (tertiary/aromatic N) is 1. The summed E-state index contributed by atoms with van der Waals surface area (Å²) in [4.78, 5) is 0. The van der Waals surface area contributed by atoms with Crippen molar-refractivity contribution in [1.82, 2.24) is 5.01 Å². The van der Waals surface area contributed by atoms with E-state index in [9.17, 15) is 0 Å². The SMILES string of the molecule is C/C=C(BS)\C(=C/C)N(C)N. The summed E-state index contributed by atoms with van der Waals surface area (Å²) in [6.07, 6.45) is 4.00. The number of hydrogen-bond donors (Lipinski definition) is 2. The van der Waals surface area contributed by atoms with Gasteiger partial charge in [0.15, 0.2) is 0 Å². The highest BCUT2D eigenvalue weighted by Gasteiger charge is 2.03. The minimum atomic E-state index is 0.720. The second-order valence-electron chi connectivity index (χ2n) is 2.26. The molecule has 0 aliphatic carbocycles. The maximum absolute atomic E-state index is 5.59. The van der Waals surface area contributed by atoms with Crippen molar-refractivity contribution < 1.29 is 0 Å². The highest BCUT2D eigenvalue weighted by molar-refractivity contribution is 8.07. The fourth-order valence-electron chi connectivity index (χ4n) is 0.936. The Kier molecular flexibility index (Phi) is 5.16. The molecule has 0 fully saturated rings. The van der Waals surface area contributed by atoms with Crippen LogP contribution in [0.1, 0.15) is 13.8 Å². The Morgan fingerprint density at radius 2 is 2.00 bits per heavy atom. The Morgan fingerprint density at radius 3 is 2.09 bits per heavy atom. The molecule has 0 aliphatic heterocycles. The predicted molar refractivity (Wildman–Crippen MR) is 55.6 cm³/mol. The van der Waals surface area contributed by atoms with Crippen molar-refractivity contribution in [2.45, 2.75) is 13.8 Å². The molecular weight excluding hydrogens is 155 g/mol. The number of allylic oxidation sites excluding steroid dienone is 3. The van der Waals surface area contributed by atoms with Crippen LogP contribution in [0.4, 0.5) is 0 Å². The molecule has 0 saturated carbocycles. The van der Waals surface area contributed by atoms with Crippen LogP contribution >= 0.6 is 12.5 Å². The minimum Gasteiger partial charge on any atom is -0.315 e. The van der Waals surface area contributed by atoms with E-state index < -0.39 is 0 Å². The molecule has 0 heterocycles. The van der Waals surface area contributed by atoms with Crippen LogP contribution in [-0.2, 0) is 0 Å². The summed E-state index contributed by atoms with van der Waals surface area (Å²) in [5, 5.41) is 1.60. The zero-order valence-corrected chi connectivity index (χ0v) is 8.23. The van der Waals surface area contributed by atoms with E-state index in [0.29, 0.717) is 0 Å². The van der Waals surface area contributed by atoms with Gasteiger partial charge < -0.3 is 5.01 Å². The summed E-state index contributed by atoms with van der Waals surface area (Å²) in [5.74, 6) is 5.59. The van der Waals surface area contributed by atoms with Crippen LogP contribution in [0, 0.1) is 0 Å². The third-order valence-corrected chi connectivity index (χ3v) is 1.84. The summed E-state index contributed by atoms with van der Waals surface area (Å²) >= 11 is 4.19. The molecule has 62 valence electrons. The van der Waals surface area contributed by atoms with Gasteiger partial charge in [-0.05, 0) is 13.8 Å². The summed E-state index contributed by atoms with van der Waals surface area (Å²) in [6, 6.07) is 0. The topological polar surface area (TPSA) is 29.3 Å². The second-order valence-corrected chi connectivity index (χ2v) is 2.57. The van der Waals surface area contributed by atoms with Crippen molar-refractivity contribution >= 4 is 19.0 Å². The molecule has 0 spiro atoms. The summed E-state index contributed by atoms with van der Waals surface area (Å²) in [5.41, 5.74) is 2.18.